The number of anilines is 1. The van der Waals surface area contributed by atoms with E-state index in [1.54, 1.807) is 29.3 Å². The Kier molecular flexibility index (Phi) is 4.49. The maximum Gasteiger partial charge on any atom is 0.322 e. The summed E-state index contributed by atoms with van der Waals surface area (Å²) in [6.45, 7) is 2.88. The molecule has 138 valence electrons. The van der Waals surface area contributed by atoms with Gasteiger partial charge in [-0.2, -0.15) is 5.10 Å². The summed E-state index contributed by atoms with van der Waals surface area (Å²) in [6.07, 6.45) is 4.40. The molecule has 7 nitrogen and oxygen atoms in total. The van der Waals surface area contributed by atoms with Crippen molar-refractivity contribution in [2.45, 2.75) is 26.1 Å². The van der Waals surface area contributed by atoms with E-state index >= 15 is 0 Å². The first-order valence-corrected chi connectivity index (χ1v) is 8.75. The quantitative estimate of drug-likeness (QED) is 0.683. The van der Waals surface area contributed by atoms with Crippen LogP contribution in [0.2, 0.25) is 5.15 Å². The first-order valence-electron chi connectivity index (χ1n) is 8.37. The molecule has 0 fully saturated rings. The Morgan fingerprint density at radius 1 is 1.30 bits per heavy atom. The number of halogens is 2. The highest BCUT2D eigenvalue weighted by Crippen LogP contribution is 2.28. The third-order valence-corrected chi connectivity index (χ3v) is 4.69. The van der Waals surface area contributed by atoms with Crippen molar-refractivity contribution >= 4 is 23.3 Å². The maximum atomic E-state index is 13.2. The first-order chi connectivity index (χ1) is 13.0. The number of amides is 2. The molecule has 3 aromatic heterocycles. The number of carbonyl (C=O) groups excluding carboxylic acids is 1. The van der Waals surface area contributed by atoms with E-state index in [0.717, 1.165) is 11.3 Å². The number of fused-ring (bicyclic) bond motifs is 1. The molecule has 1 unspecified atom stereocenters. The van der Waals surface area contributed by atoms with Crippen molar-refractivity contribution in [1.29, 1.82) is 0 Å². The number of urea groups is 1. The summed E-state index contributed by atoms with van der Waals surface area (Å²) in [7, 11) is 0. The van der Waals surface area contributed by atoms with E-state index in [4.69, 9.17) is 11.6 Å². The van der Waals surface area contributed by atoms with Gasteiger partial charge in [0.1, 0.15) is 11.0 Å². The predicted octanol–water partition coefficient (Wildman–Crippen LogP) is 3.57. The fourth-order valence-electron chi connectivity index (χ4n) is 3.10. The van der Waals surface area contributed by atoms with Crippen molar-refractivity contribution in [3.05, 3.63) is 59.5 Å². The van der Waals surface area contributed by atoms with E-state index in [9.17, 15) is 9.18 Å². The lowest BCUT2D eigenvalue weighted by Crippen LogP contribution is -2.47. The molecule has 3 aromatic rings. The van der Waals surface area contributed by atoms with Crippen LogP contribution in [-0.2, 0) is 13.1 Å². The van der Waals surface area contributed by atoms with Crippen molar-refractivity contribution in [2.75, 3.05) is 5.32 Å². The molecule has 27 heavy (non-hydrogen) atoms. The molecular weight excluding hydrogens is 371 g/mol. The number of nitrogens with one attached hydrogen (secondary N) is 1. The largest absolute Gasteiger partial charge is 0.322 e. The van der Waals surface area contributed by atoms with Gasteiger partial charge in [0.05, 0.1) is 42.9 Å². The zero-order valence-electron chi connectivity index (χ0n) is 14.4. The lowest BCUT2D eigenvalue weighted by Gasteiger charge is -2.34. The monoisotopic (exact) mass is 386 g/mol. The van der Waals surface area contributed by atoms with Crippen molar-refractivity contribution in [3.8, 4) is 11.3 Å². The van der Waals surface area contributed by atoms with Crippen LogP contribution < -0.4 is 5.32 Å². The van der Waals surface area contributed by atoms with E-state index in [0.29, 0.717) is 29.6 Å². The van der Waals surface area contributed by atoms with Crippen LogP contribution in [0.1, 0.15) is 12.6 Å². The van der Waals surface area contributed by atoms with E-state index in [-0.39, 0.29) is 12.1 Å². The third kappa shape index (κ3) is 3.48. The summed E-state index contributed by atoms with van der Waals surface area (Å²) in [4.78, 5) is 22.5. The van der Waals surface area contributed by atoms with Gasteiger partial charge >= 0.3 is 6.03 Å². The van der Waals surface area contributed by atoms with Gasteiger partial charge in [-0.3, -0.25) is 9.67 Å². The SMILES string of the molecule is CC1Cn2ncc(-c3ccc(F)cn3)c2CN1C(=O)Nc1ccnc(Cl)c1. The molecule has 0 saturated carbocycles. The van der Waals surface area contributed by atoms with Crippen molar-refractivity contribution in [1.82, 2.24) is 24.6 Å². The van der Waals surface area contributed by atoms with Crippen LogP contribution in [0.3, 0.4) is 0 Å². The van der Waals surface area contributed by atoms with Crippen molar-refractivity contribution in [2.24, 2.45) is 0 Å². The fraction of sp³-hybridized carbons (Fsp3) is 0.222. The highest BCUT2D eigenvalue weighted by molar-refractivity contribution is 6.29. The molecule has 1 aliphatic heterocycles. The van der Waals surface area contributed by atoms with Gasteiger partial charge in [-0.05, 0) is 31.2 Å². The minimum atomic E-state index is -0.398. The van der Waals surface area contributed by atoms with E-state index < -0.39 is 5.82 Å². The summed E-state index contributed by atoms with van der Waals surface area (Å²) in [6, 6.07) is 5.94. The van der Waals surface area contributed by atoms with Crippen LogP contribution in [0.15, 0.2) is 42.9 Å². The Balaban J connectivity index is 1.59. The molecule has 4 rings (SSSR count). The Labute approximate surface area is 159 Å². The Bertz CT molecular complexity index is 990. The lowest BCUT2D eigenvalue weighted by atomic mass is 10.1. The van der Waals surface area contributed by atoms with Crippen LogP contribution in [0.5, 0.6) is 0 Å². The predicted molar refractivity (Wildman–Crippen MR) is 98.7 cm³/mol. The number of nitrogens with zero attached hydrogens (tertiary/aromatic N) is 5. The van der Waals surface area contributed by atoms with E-state index in [1.165, 1.54) is 18.5 Å². The highest BCUT2D eigenvalue weighted by atomic mass is 35.5. The highest BCUT2D eigenvalue weighted by Gasteiger charge is 2.30. The number of carbonyl (C=O) groups is 1. The van der Waals surface area contributed by atoms with Crippen molar-refractivity contribution in [3.63, 3.8) is 0 Å². The smallest absolute Gasteiger partial charge is 0.314 e. The molecule has 0 aromatic carbocycles. The topological polar surface area (TPSA) is 75.9 Å². The molecule has 0 radical (unpaired) electrons. The van der Waals surface area contributed by atoms with Crippen LogP contribution in [-0.4, -0.2) is 36.7 Å². The molecule has 4 heterocycles. The van der Waals surface area contributed by atoms with Crippen LogP contribution >= 0.6 is 11.6 Å². The van der Waals surface area contributed by atoms with Crippen LogP contribution in [0.4, 0.5) is 14.9 Å². The third-order valence-electron chi connectivity index (χ3n) is 4.48. The molecule has 0 aliphatic carbocycles. The molecule has 9 heteroatoms. The second kappa shape index (κ2) is 6.96. The normalized spacial score (nSPS) is 16.1. The van der Waals surface area contributed by atoms with Gasteiger partial charge in [-0.25, -0.2) is 14.2 Å². The molecule has 1 aliphatic rings. The first kappa shape index (κ1) is 17.4. The average molecular weight is 387 g/mol. The molecule has 1 N–H and O–H groups in total. The Morgan fingerprint density at radius 3 is 2.89 bits per heavy atom. The molecule has 0 spiro atoms. The molecular formula is C18H16ClFN6O. The van der Waals surface area contributed by atoms with Gasteiger partial charge in [0, 0.05) is 17.4 Å². The van der Waals surface area contributed by atoms with Gasteiger partial charge in [0.15, 0.2) is 0 Å². The maximum absolute atomic E-state index is 13.2. The molecule has 1 atom stereocenters. The second-order valence-corrected chi connectivity index (χ2v) is 6.71. The van der Waals surface area contributed by atoms with Gasteiger partial charge in [0.2, 0.25) is 0 Å². The number of hydrogen-bond donors (Lipinski definition) is 1. The second-order valence-electron chi connectivity index (χ2n) is 6.32. The number of aromatic nitrogens is 4. The van der Waals surface area contributed by atoms with Crippen molar-refractivity contribution < 1.29 is 9.18 Å². The summed E-state index contributed by atoms with van der Waals surface area (Å²) in [5, 5.41) is 7.54. The van der Waals surface area contributed by atoms with E-state index in [2.05, 4.69) is 20.4 Å². The number of pyridine rings is 2. The summed E-state index contributed by atoms with van der Waals surface area (Å²) >= 11 is 5.87. The Morgan fingerprint density at radius 2 is 2.15 bits per heavy atom. The number of rotatable bonds is 2. The van der Waals surface area contributed by atoms with Gasteiger partial charge in [-0.15, -0.1) is 0 Å². The fourth-order valence-corrected chi connectivity index (χ4v) is 3.27. The average Bonchev–Trinajstić information content (AvgIpc) is 3.04. The standard InChI is InChI=1S/C18H16ClFN6O/c1-11-9-26-16(14(8-23-26)15-3-2-12(20)7-22-15)10-25(11)18(27)24-13-4-5-21-17(19)6-13/h2-8,11H,9-10H2,1H3,(H,21,24,27). The molecule has 0 bridgehead atoms. The minimum Gasteiger partial charge on any atom is -0.314 e. The summed E-state index contributed by atoms with van der Waals surface area (Å²) < 4.78 is 15.0. The summed E-state index contributed by atoms with van der Waals surface area (Å²) in [5.41, 5.74) is 2.84. The lowest BCUT2D eigenvalue weighted by molar-refractivity contribution is 0.162. The van der Waals surface area contributed by atoms with E-state index in [1.807, 2.05) is 11.6 Å². The zero-order valence-corrected chi connectivity index (χ0v) is 15.2. The van der Waals surface area contributed by atoms with Gasteiger partial charge < -0.3 is 10.2 Å². The van der Waals surface area contributed by atoms with Crippen LogP contribution in [0, 0.1) is 5.82 Å². The molecule has 0 saturated heterocycles. The van der Waals surface area contributed by atoms with Gasteiger partial charge in [-0.1, -0.05) is 11.6 Å². The minimum absolute atomic E-state index is 0.0521. The molecule has 2 amide bonds. The summed E-state index contributed by atoms with van der Waals surface area (Å²) in [5.74, 6) is -0.398. The zero-order chi connectivity index (χ0) is 19.0. The Hall–Kier alpha value is -3.00. The van der Waals surface area contributed by atoms with Gasteiger partial charge in [0.25, 0.3) is 0 Å². The van der Waals surface area contributed by atoms with Crippen LogP contribution in [0.25, 0.3) is 11.3 Å². The number of hydrogen-bond acceptors (Lipinski definition) is 4.